The van der Waals surface area contributed by atoms with E-state index in [9.17, 15) is 0 Å². The maximum atomic E-state index is 8.04. The van der Waals surface area contributed by atoms with Crippen LogP contribution in [0.15, 0.2) is 24.3 Å². The Balaban J connectivity index is 1.99. The van der Waals surface area contributed by atoms with Gasteiger partial charge in [-0.05, 0) is 30.5 Å². The van der Waals surface area contributed by atoms with E-state index in [0.29, 0.717) is 6.42 Å². The van der Waals surface area contributed by atoms with E-state index in [4.69, 9.17) is 10.1 Å². The Bertz CT molecular complexity index is 370. The highest BCUT2D eigenvalue weighted by atomic mass is 16.5. The molecule has 0 aromatic heterocycles. The normalized spacial score (nSPS) is 15.2. The van der Waals surface area contributed by atoms with E-state index < -0.39 is 0 Å². The molecule has 1 heterocycles. The maximum Gasteiger partial charge on any atom is 0.119 e. The molecule has 1 N–H and O–H groups in total. The number of hydrogen-bond acceptors (Lipinski definition) is 2. The van der Waals surface area contributed by atoms with Crippen molar-refractivity contribution in [2.75, 3.05) is 20.2 Å². The molecule has 1 aliphatic rings. The molecular formula is C13H18N2O. The average molecular weight is 218 g/mol. The van der Waals surface area contributed by atoms with E-state index in [0.717, 1.165) is 30.2 Å². The third kappa shape index (κ3) is 2.54. The minimum Gasteiger partial charge on any atom is -0.497 e. The van der Waals surface area contributed by atoms with Crippen LogP contribution in [0.3, 0.4) is 0 Å². The zero-order chi connectivity index (χ0) is 11.4. The fourth-order valence-electron chi connectivity index (χ4n) is 2.07. The molecule has 1 aliphatic heterocycles. The summed E-state index contributed by atoms with van der Waals surface area (Å²) in [4.78, 5) is 2.17. The first kappa shape index (κ1) is 11.0. The van der Waals surface area contributed by atoms with Crippen molar-refractivity contribution in [3.05, 3.63) is 29.8 Å². The van der Waals surface area contributed by atoms with Crippen molar-refractivity contribution in [3.63, 3.8) is 0 Å². The zero-order valence-corrected chi connectivity index (χ0v) is 9.70. The van der Waals surface area contributed by atoms with Gasteiger partial charge < -0.3 is 9.64 Å². The third-order valence-electron chi connectivity index (χ3n) is 2.99. The standard InChI is InChI=1S/C13H18N2O/c1-16-12-6-4-5-11(9-12)10-13(14)15-7-2-3-8-15/h4-6,9,14H,2-3,7-8,10H2,1H3. The lowest BCUT2D eigenvalue weighted by Crippen LogP contribution is -2.28. The molecule has 3 nitrogen and oxygen atoms in total. The second-order valence-electron chi connectivity index (χ2n) is 4.17. The fraction of sp³-hybridized carbons (Fsp3) is 0.462. The van der Waals surface area contributed by atoms with Crippen LogP contribution >= 0.6 is 0 Å². The van der Waals surface area contributed by atoms with Crippen molar-refractivity contribution in [3.8, 4) is 5.75 Å². The van der Waals surface area contributed by atoms with Gasteiger partial charge in [0, 0.05) is 19.5 Å². The third-order valence-corrected chi connectivity index (χ3v) is 2.99. The van der Waals surface area contributed by atoms with Crippen LogP contribution in [0.1, 0.15) is 18.4 Å². The SMILES string of the molecule is COc1cccc(CC(=N)N2CCCC2)c1. The molecule has 1 fully saturated rings. The molecule has 1 aromatic rings. The van der Waals surface area contributed by atoms with E-state index in [1.54, 1.807) is 7.11 Å². The lowest BCUT2D eigenvalue weighted by Gasteiger charge is -2.18. The van der Waals surface area contributed by atoms with Gasteiger partial charge in [-0.25, -0.2) is 0 Å². The first-order valence-corrected chi connectivity index (χ1v) is 5.75. The first-order valence-electron chi connectivity index (χ1n) is 5.75. The molecule has 0 radical (unpaired) electrons. The number of methoxy groups -OCH3 is 1. The van der Waals surface area contributed by atoms with Gasteiger partial charge in [0.1, 0.15) is 11.6 Å². The Labute approximate surface area is 96.5 Å². The van der Waals surface area contributed by atoms with Crippen LogP contribution in [-0.2, 0) is 6.42 Å². The number of ether oxygens (including phenoxy) is 1. The van der Waals surface area contributed by atoms with Gasteiger partial charge in [-0.3, -0.25) is 5.41 Å². The summed E-state index contributed by atoms with van der Waals surface area (Å²) in [5.74, 6) is 1.59. The van der Waals surface area contributed by atoms with E-state index in [1.807, 2.05) is 24.3 Å². The highest BCUT2D eigenvalue weighted by Crippen LogP contribution is 2.15. The van der Waals surface area contributed by atoms with Crippen molar-refractivity contribution in [2.24, 2.45) is 0 Å². The number of amidine groups is 1. The lowest BCUT2D eigenvalue weighted by atomic mass is 10.1. The monoisotopic (exact) mass is 218 g/mol. The number of nitrogens with zero attached hydrogens (tertiary/aromatic N) is 1. The van der Waals surface area contributed by atoms with Crippen LogP contribution in [0, 0.1) is 5.41 Å². The molecular weight excluding hydrogens is 200 g/mol. The second-order valence-corrected chi connectivity index (χ2v) is 4.17. The molecule has 0 amide bonds. The Hall–Kier alpha value is -1.51. The summed E-state index contributed by atoms with van der Waals surface area (Å²) in [5.41, 5.74) is 1.15. The predicted molar refractivity (Wildman–Crippen MR) is 65.2 cm³/mol. The van der Waals surface area contributed by atoms with Crippen molar-refractivity contribution >= 4 is 5.84 Å². The number of hydrogen-bond donors (Lipinski definition) is 1. The van der Waals surface area contributed by atoms with E-state index in [2.05, 4.69) is 4.90 Å². The molecule has 0 saturated carbocycles. The second kappa shape index (κ2) is 5.01. The molecule has 3 heteroatoms. The quantitative estimate of drug-likeness (QED) is 0.624. The van der Waals surface area contributed by atoms with Crippen molar-refractivity contribution in [2.45, 2.75) is 19.3 Å². The molecule has 0 atom stereocenters. The molecule has 16 heavy (non-hydrogen) atoms. The van der Waals surface area contributed by atoms with Crippen molar-refractivity contribution in [1.29, 1.82) is 5.41 Å². The Morgan fingerprint density at radius 2 is 2.12 bits per heavy atom. The molecule has 1 saturated heterocycles. The summed E-state index contributed by atoms with van der Waals surface area (Å²) in [6.07, 6.45) is 3.15. The molecule has 0 bridgehead atoms. The summed E-state index contributed by atoms with van der Waals surface area (Å²) >= 11 is 0. The van der Waals surface area contributed by atoms with Gasteiger partial charge in [-0.2, -0.15) is 0 Å². The topological polar surface area (TPSA) is 36.3 Å². The Morgan fingerprint density at radius 3 is 2.81 bits per heavy atom. The van der Waals surface area contributed by atoms with Crippen LogP contribution in [0.2, 0.25) is 0 Å². The number of nitrogens with one attached hydrogen (secondary N) is 1. The van der Waals surface area contributed by atoms with Crippen LogP contribution in [-0.4, -0.2) is 30.9 Å². The molecule has 2 rings (SSSR count). The molecule has 86 valence electrons. The van der Waals surface area contributed by atoms with Crippen LogP contribution in [0.25, 0.3) is 0 Å². The van der Waals surface area contributed by atoms with Gasteiger partial charge in [0.2, 0.25) is 0 Å². The minimum absolute atomic E-state index is 0.706. The molecule has 1 aromatic carbocycles. The highest BCUT2D eigenvalue weighted by Gasteiger charge is 2.14. The van der Waals surface area contributed by atoms with Crippen LogP contribution in [0.4, 0.5) is 0 Å². The van der Waals surface area contributed by atoms with Crippen molar-refractivity contribution < 1.29 is 4.74 Å². The number of likely N-dealkylation sites (tertiary alicyclic amines) is 1. The highest BCUT2D eigenvalue weighted by molar-refractivity contribution is 5.81. The first-order chi connectivity index (χ1) is 7.79. The van der Waals surface area contributed by atoms with Gasteiger partial charge >= 0.3 is 0 Å². The van der Waals surface area contributed by atoms with Crippen LogP contribution in [0.5, 0.6) is 5.75 Å². The molecule has 0 aliphatic carbocycles. The molecule has 0 unspecified atom stereocenters. The Kier molecular flexibility index (Phi) is 3.44. The van der Waals surface area contributed by atoms with E-state index in [-0.39, 0.29) is 0 Å². The summed E-state index contributed by atoms with van der Waals surface area (Å²) in [6, 6.07) is 7.96. The minimum atomic E-state index is 0.706. The summed E-state index contributed by atoms with van der Waals surface area (Å²) < 4.78 is 5.18. The largest absolute Gasteiger partial charge is 0.497 e. The zero-order valence-electron chi connectivity index (χ0n) is 9.70. The molecule has 0 spiro atoms. The van der Waals surface area contributed by atoms with Gasteiger partial charge in [-0.15, -0.1) is 0 Å². The van der Waals surface area contributed by atoms with E-state index in [1.165, 1.54) is 12.8 Å². The van der Waals surface area contributed by atoms with Crippen molar-refractivity contribution in [1.82, 2.24) is 4.90 Å². The maximum absolute atomic E-state index is 8.04. The lowest BCUT2D eigenvalue weighted by molar-refractivity contribution is 0.414. The summed E-state index contributed by atoms with van der Waals surface area (Å²) in [7, 11) is 1.67. The van der Waals surface area contributed by atoms with E-state index >= 15 is 0 Å². The van der Waals surface area contributed by atoms with Gasteiger partial charge in [0.25, 0.3) is 0 Å². The van der Waals surface area contributed by atoms with Gasteiger partial charge in [0.05, 0.1) is 7.11 Å². The Morgan fingerprint density at radius 1 is 1.38 bits per heavy atom. The van der Waals surface area contributed by atoms with Crippen LogP contribution < -0.4 is 4.74 Å². The fourth-order valence-corrected chi connectivity index (χ4v) is 2.07. The smallest absolute Gasteiger partial charge is 0.119 e. The summed E-state index contributed by atoms with van der Waals surface area (Å²) in [6.45, 7) is 2.09. The number of rotatable bonds is 3. The average Bonchev–Trinajstić information content (AvgIpc) is 2.83. The number of benzene rings is 1. The predicted octanol–water partition coefficient (Wildman–Crippen LogP) is 2.31. The van der Waals surface area contributed by atoms with Gasteiger partial charge in [0.15, 0.2) is 0 Å². The van der Waals surface area contributed by atoms with Gasteiger partial charge in [-0.1, -0.05) is 12.1 Å². The summed E-state index contributed by atoms with van der Waals surface area (Å²) in [5, 5.41) is 8.04.